The van der Waals surface area contributed by atoms with Crippen molar-refractivity contribution >= 4 is 77.0 Å². The van der Waals surface area contributed by atoms with Crippen molar-refractivity contribution in [1.29, 1.82) is 5.41 Å². The summed E-state index contributed by atoms with van der Waals surface area (Å²) in [5.41, 5.74) is 9.18. The molecular formula is C64H110N16O16. The molecule has 542 valence electrons. The Morgan fingerprint density at radius 3 is 1.66 bits per heavy atom. The molecule has 1 fully saturated rings. The van der Waals surface area contributed by atoms with Crippen molar-refractivity contribution in [2.24, 2.45) is 40.1 Å². The number of amides is 12. The molecule has 0 saturated carbocycles. The number of carbonyl (C=O) groups excluding carboxylic acids is 12. The van der Waals surface area contributed by atoms with Crippen LogP contribution in [0.5, 0.6) is 0 Å². The van der Waals surface area contributed by atoms with Gasteiger partial charge in [-0.05, 0) is 93.9 Å². The van der Waals surface area contributed by atoms with Gasteiger partial charge in [0.2, 0.25) is 65.0 Å². The first-order valence-corrected chi connectivity index (χ1v) is 32.5. The van der Waals surface area contributed by atoms with Crippen LogP contribution in [0.4, 0.5) is 4.79 Å². The molecule has 1 heterocycles. The fraction of sp³-hybridized carbons (Fsp3) is 0.703. The van der Waals surface area contributed by atoms with E-state index in [-0.39, 0.29) is 56.6 Å². The van der Waals surface area contributed by atoms with Gasteiger partial charge in [-0.25, -0.2) is 4.79 Å². The SMILES string of the molecule is CC[C@H](C)[C@@H]1NC(=O)[C@@H](CCCNC(=N)N)NC(=O)[C@H](CC(C)C)NC(=O)[C@H]([C@H](O)C(C)C)NC(=O)[C@@H](NC(=O)[C@H](CC(C)(C)C)NC(=O)[C@@H](CC(C)(C)C)NC(=O)OC(C)(C)C)[C@@H](c2ccccc2)NC(=O)C(CO)NC(=O)[C@H](CN)NC(=O)CNC(=O)[C@H]([C@H](C)O)NC1=O. The molecule has 21 N–H and O–H groups in total. The third-order valence-electron chi connectivity index (χ3n) is 15.2. The molecule has 32 heteroatoms. The van der Waals surface area contributed by atoms with E-state index in [9.17, 15) is 58.5 Å². The van der Waals surface area contributed by atoms with Crippen LogP contribution in [-0.2, 0) is 57.5 Å². The van der Waals surface area contributed by atoms with Gasteiger partial charge < -0.3 is 101 Å². The number of hydrogen-bond acceptors (Lipinski definition) is 18. The highest BCUT2D eigenvalue weighted by atomic mass is 16.6. The van der Waals surface area contributed by atoms with E-state index < -0.39 is 204 Å². The van der Waals surface area contributed by atoms with Crippen LogP contribution >= 0.6 is 0 Å². The molecule has 0 bridgehead atoms. The van der Waals surface area contributed by atoms with Crippen molar-refractivity contribution in [2.75, 3.05) is 26.2 Å². The Morgan fingerprint density at radius 2 is 1.15 bits per heavy atom. The number of aliphatic hydroxyl groups excluding tert-OH is 3. The van der Waals surface area contributed by atoms with Crippen molar-refractivity contribution < 1.29 is 77.6 Å². The molecule has 1 saturated heterocycles. The van der Waals surface area contributed by atoms with E-state index in [1.54, 1.807) is 75.3 Å². The summed E-state index contributed by atoms with van der Waals surface area (Å²) in [7, 11) is 0. The van der Waals surface area contributed by atoms with E-state index >= 15 is 14.4 Å². The number of nitrogens with two attached hydrogens (primary N) is 2. The zero-order chi connectivity index (χ0) is 73.3. The van der Waals surface area contributed by atoms with Crippen LogP contribution in [0.1, 0.15) is 161 Å². The van der Waals surface area contributed by atoms with Crippen molar-refractivity contribution in [2.45, 2.75) is 234 Å². The third kappa shape index (κ3) is 29.4. The Hall–Kier alpha value is -8.23. The number of ether oxygens (including phenoxy) is 1. The average molecular weight is 1360 g/mol. The molecule has 2 rings (SSSR count). The Balaban J connectivity index is 3.14. The number of guanidine groups is 1. The number of alkyl carbamates (subject to hydrolysis) is 1. The second-order valence-corrected chi connectivity index (χ2v) is 28.5. The van der Waals surface area contributed by atoms with Gasteiger partial charge in [0.15, 0.2) is 5.96 Å². The highest BCUT2D eigenvalue weighted by molar-refractivity contribution is 6.00. The van der Waals surface area contributed by atoms with Crippen LogP contribution in [0, 0.1) is 34.0 Å². The predicted octanol–water partition coefficient (Wildman–Crippen LogP) is -2.19. The molecule has 0 aliphatic carbocycles. The minimum atomic E-state index is -2.09. The minimum Gasteiger partial charge on any atom is -0.444 e. The molecule has 12 amide bonds. The molecule has 1 aliphatic heterocycles. The number of hydrogen-bond donors (Lipinski definition) is 19. The van der Waals surface area contributed by atoms with E-state index in [4.69, 9.17) is 21.6 Å². The lowest BCUT2D eigenvalue weighted by molar-refractivity contribution is -0.139. The zero-order valence-corrected chi connectivity index (χ0v) is 58.5. The average Bonchev–Trinajstić information content (AvgIpc) is 0.816. The van der Waals surface area contributed by atoms with Crippen molar-refractivity contribution in [3.8, 4) is 0 Å². The summed E-state index contributed by atoms with van der Waals surface area (Å²) in [6, 6.07) is -11.0. The summed E-state index contributed by atoms with van der Waals surface area (Å²) in [4.78, 5) is 173. The van der Waals surface area contributed by atoms with Gasteiger partial charge >= 0.3 is 6.09 Å². The van der Waals surface area contributed by atoms with E-state index in [2.05, 4.69) is 69.1 Å². The number of nitrogens with one attached hydrogen (secondary N) is 14. The molecule has 1 unspecified atom stereocenters. The van der Waals surface area contributed by atoms with Gasteiger partial charge in [0.05, 0.1) is 31.4 Å². The Bertz CT molecular complexity index is 2820. The van der Waals surface area contributed by atoms with E-state index in [0.717, 1.165) is 0 Å². The number of benzene rings is 1. The summed E-state index contributed by atoms with van der Waals surface area (Å²) < 4.78 is 5.48. The van der Waals surface area contributed by atoms with Crippen molar-refractivity contribution in [3.05, 3.63) is 35.9 Å². The van der Waals surface area contributed by atoms with Gasteiger partial charge in [-0.3, -0.25) is 58.1 Å². The number of carbonyl (C=O) groups is 12. The van der Waals surface area contributed by atoms with E-state index in [1.165, 1.54) is 45.0 Å². The predicted molar refractivity (Wildman–Crippen MR) is 356 cm³/mol. The van der Waals surface area contributed by atoms with E-state index in [0.29, 0.717) is 0 Å². The Labute approximate surface area is 563 Å². The molecule has 14 atom stereocenters. The fourth-order valence-electron chi connectivity index (χ4n) is 9.99. The summed E-state index contributed by atoms with van der Waals surface area (Å²) in [5.74, 6) is -13.9. The number of rotatable bonds is 21. The lowest BCUT2D eigenvalue weighted by atomic mass is 9.86. The van der Waals surface area contributed by atoms with Crippen LogP contribution < -0.4 is 80.6 Å². The molecule has 0 aromatic heterocycles. The van der Waals surface area contributed by atoms with Gasteiger partial charge in [0.1, 0.15) is 66.0 Å². The van der Waals surface area contributed by atoms with Crippen LogP contribution in [0.2, 0.25) is 0 Å². The second-order valence-electron chi connectivity index (χ2n) is 28.5. The quantitative estimate of drug-likeness (QED) is 0.0353. The first kappa shape index (κ1) is 83.9. The molecule has 0 radical (unpaired) electrons. The summed E-state index contributed by atoms with van der Waals surface area (Å²) >= 11 is 0. The largest absolute Gasteiger partial charge is 0.444 e. The lowest BCUT2D eigenvalue weighted by Crippen LogP contribution is -2.65. The summed E-state index contributed by atoms with van der Waals surface area (Å²) in [6.45, 7) is 23.9. The van der Waals surface area contributed by atoms with Gasteiger partial charge in [0, 0.05) is 13.1 Å². The smallest absolute Gasteiger partial charge is 0.408 e. The fourth-order valence-corrected chi connectivity index (χ4v) is 9.99. The number of aliphatic hydroxyl groups is 3. The molecule has 96 heavy (non-hydrogen) atoms. The second kappa shape index (κ2) is 38.5. The Morgan fingerprint density at radius 1 is 0.635 bits per heavy atom. The molecular weight excluding hydrogens is 1250 g/mol. The van der Waals surface area contributed by atoms with Crippen LogP contribution in [-0.4, -0.2) is 197 Å². The zero-order valence-electron chi connectivity index (χ0n) is 58.5. The van der Waals surface area contributed by atoms with Gasteiger partial charge in [0.25, 0.3) is 0 Å². The minimum absolute atomic E-state index is 0.0313. The molecule has 1 aliphatic rings. The highest BCUT2D eigenvalue weighted by Gasteiger charge is 2.43. The normalized spacial score (nSPS) is 23.9. The van der Waals surface area contributed by atoms with Gasteiger partial charge in [-0.15, -0.1) is 0 Å². The summed E-state index contributed by atoms with van der Waals surface area (Å²) in [5, 5.41) is 74.2. The first-order chi connectivity index (χ1) is 44.4. The van der Waals surface area contributed by atoms with Crippen LogP contribution in [0.25, 0.3) is 0 Å². The molecule has 1 aromatic carbocycles. The third-order valence-corrected chi connectivity index (χ3v) is 15.2. The molecule has 32 nitrogen and oxygen atoms in total. The van der Waals surface area contributed by atoms with E-state index in [1.807, 2.05) is 20.8 Å². The first-order valence-electron chi connectivity index (χ1n) is 32.5. The summed E-state index contributed by atoms with van der Waals surface area (Å²) in [6.07, 6.45) is -4.38. The maximum absolute atomic E-state index is 15.6. The van der Waals surface area contributed by atoms with Crippen molar-refractivity contribution in [3.63, 3.8) is 0 Å². The topological polar surface area (TPSA) is 507 Å². The van der Waals surface area contributed by atoms with Crippen LogP contribution in [0.3, 0.4) is 0 Å². The standard InChI is InChI=1S/C64H110N16O16/c1-17-34(6)44-57(92)77-45(35(7)82)56(91)69-30-43(83)70-41(29-65)54(89)74-42(31-81)55(90)78-46(36-22-19-18-20-23-36)47(79-53(88)39(27-62(8,9)10)73-52(87)40(28-63(11,12)13)75-61(95)96-64(14,15)16)58(93)80-48(49(84)33(4)5)59(94)72-38(26-32(2)3)51(86)71-37(50(85)76-44)24-21-25-68-60(66)67/h18-20,22-23,32-35,37-42,44-49,81-82,84H,17,21,24-31,65H2,1-16H3,(H,69,91)(H,70,83)(H,71,86)(H,72,94)(H,73,87)(H,74,89)(H,75,95)(H,76,85)(H,77,92)(H,78,90)(H,79,88)(H,80,93)(H4,66,67,68)/t34-,35-,37+,38-,39-,40+,41-,42?,44-,45-,46+,47-,48-,49+/m0/s1. The lowest BCUT2D eigenvalue weighted by Gasteiger charge is -2.35. The monoisotopic (exact) mass is 1360 g/mol. The van der Waals surface area contributed by atoms with Gasteiger partial charge in [-0.2, -0.15) is 0 Å². The Kier molecular flexibility index (Phi) is 33.6. The molecule has 0 spiro atoms. The van der Waals surface area contributed by atoms with Crippen molar-refractivity contribution in [1.82, 2.24) is 69.1 Å². The molecule has 1 aromatic rings. The maximum Gasteiger partial charge on any atom is 0.408 e. The van der Waals surface area contributed by atoms with Gasteiger partial charge in [-0.1, -0.05) is 120 Å². The maximum atomic E-state index is 15.6. The van der Waals surface area contributed by atoms with Crippen LogP contribution in [0.15, 0.2) is 30.3 Å². The highest BCUT2D eigenvalue weighted by Crippen LogP contribution is 2.26.